The number of benzene rings is 1. The molecule has 0 atom stereocenters. The van der Waals surface area contributed by atoms with E-state index in [9.17, 15) is 23.2 Å². The van der Waals surface area contributed by atoms with Crippen LogP contribution < -0.4 is 5.32 Å². The Morgan fingerprint density at radius 1 is 1.21 bits per heavy atom. The smallest absolute Gasteiger partial charge is 0.311 e. The number of amides is 1. The molecule has 0 saturated carbocycles. The van der Waals surface area contributed by atoms with E-state index in [-0.39, 0.29) is 16.4 Å². The van der Waals surface area contributed by atoms with E-state index in [2.05, 4.69) is 21.5 Å². The largest absolute Gasteiger partial charge is 0.433 e. The summed E-state index contributed by atoms with van der Waals surface area (Å²) in [4.78, 5) is 18.3. The SMILES string of the molecule is N#Cc1c(NC(=O)c2nn3c(C(F)(F)F)cc(-c4ccccc4)nc3c2Cl)sc2c1CCCC2. The maximum Gasteiger partial charge on any atom is 0.433 e. The van der Waals surface area contributed by atoms with Crippen molar-refractivity contribution in [2.75, 3.05) is 5.32 Å². The molecule has 3 heterocycles. The molecule has 34 heavy (non-hydrogen) atoms. The van der Waals surface area contributed by atoms with E-state index in [1.807, 2.05) is 0 Å². The van der Waals surface area contributed by atoms with Gasteiger partial charge < -0.3 is 5.32 Å². The average Bonchev–Trinajstić information content (AvgIpc) is 3.35. The maximum absolute atomic E-state index is 13.9. The molecule has 11 heteroatoms. The Labute approximate surface area is 200 Å². The van der Waals surface area contributed by atoms with Crippen molar-refractivity contribution < 1.29 is 18.0 Å². The summed E-state index contributed by atoms with van der Waals surface area (Å²) in [5, 5.41) is 16.1. The summed E-state index contributed by atoms with van der Waals surface area (Å²) < 4.78 is 42.1. The first-order valence-electron chi connectivity index (χ1n) is 10.4. The Bertz CT molecular complexity index is 1470. The van der Waals surface area contributed by atoms with E-state index in [1.54, 1.807) is 30.3 Å². The van der Waals surface area contributed by atoms with Crippen molar-refractivity contribution in [2.24, 2.45) is 0 Å². The molecule has 1 N–H and O–H groups in total. The van der Waals surface area contributed by atoms with Crippen LogP contribution in [0.2, 0.25) is 5.02 Å². The molecule has 4 aromatic rings. The van der Waals surface area contributed by atoms with Crippen LogP contribution in [0.15, 0.2) is 36.4 Å². The van der Waals surface area contributed by atoms with Crippen molar-refractivity contribution in [2.45, 2.75) is 31.9 Å². The second kappa shape index (κ2) is 8.42. The first kappa shape index (κ1) is 22.4. The van der Waals surface area contributed by atoms with Crippen LogP contribution in [0.4, 0.5) is 18.2 Å². The average molecular weight is 502 g/mol. The molecule has 0 bridgehead atoms. The molecule has 6 nitrogen and oxygen atoms in total. The second-order valence-electron chi connectivity index (χ2n) is 7.77. The summed E-state index contributed by atoms with van der Waals surface area (Å²) >= 11 is 7.64. The van der Waals surface area contributed by atoms with E-state index < -0.39 is 23.5 Å². The van der Waals surface area contributed by atoms with Gasteiger partial charge in [0, 0.05) is 10.4 Å². The number of anilines is 1. The van der Waals surface area contributed by atoms with Crippen LogP contribution in [-0.2, 0) is 19.0 Å². The fraction of sp³-hybridized carbons (Fsp3) is 0.217. The molecule has 0 fully saturated rings. The Balaban J connectivity index is 1.60. The van der Waals surface area contributed by atoms with E-state index in [0.29, 0.717) is 20.6 Å². The number of carbonyl (C=O) groups is 1. The van der Waals surface area contributed by atoms with Gasteiger partial charge in [-0.05, 0) is 37.3 Å². The third-order valence-corrected chi connectivity index (χ3v) is 7.17. The highest BCUT2D eigenvalue weighted by atomic mass is 35.5. The predicted molar refractivity (Wildman–Crippen MR) is 122 cm³/mol. The highest BCUT2D eigenvalue weighted by Gasteiger charge is 2.37. The molecule has 1 amide bonds. The first-order chi connectivity index (χ1) is 16.3. The molecule has 0 aliphatic heterocycles. The van der Waals surface area contributed by atoms with Gasteiger partial charge in [-0.15, -0.1) is 11.3 Å². The lowest BCUT2D eigenvalue weighted by Gasteiger charge is -2.11. The van der Waals surface area contributed by atoms with E-state index in [4.69, 9.17) is 11.6 Å². The first-order valence-corrected chi connectivity index (χ1v) is 11.5. The number of aromatic nitrogens is 3. The van der Waals surface area contributed by atoms with Gasteiger partial charge in [0.25, 0.3) is 5.91 Å². The Morgan fingerprint density at radius 2 is 1.94 bits per heavy atom. The van der Waals surface area contributed by atoms with Crippen LogP contribution in [0.1, 0.15) is 45.0 Å². The van der Waals surface area contributed by atoms with Crippen molar-refractivity contribution in [3.63, 3.8) is 0 Å². The fourth-order valence-corrected chi connectivity index (χ4v) is 5.51. The summed E-state index contributed by atoms with van der Waals surface area (Å²) in [6.45, 7) is 0. The van der Waals surface area contributed by atoms with Crippen LogP contribution in [0.25, 0.3) is 16.9 Å². The van der Waals surface area contributed by atoms with Gasteiger partial charge in [0.15, 0.2) is 17.0 Å². The Hall–Kier alpha value is -3.42. The molecule has 1 aliphatic rings. The van der Waals surface area contributed by atoms with E-state index in [1.165, 1.54) is 11.3 Å². The molecular formula is C23H15ClF3N5OS. The van der Waals surface area contributed by atoms with Crippen LogP contribution in [0.3, 0.4) is 0 Å². The number of carbonyl (C=O) groups excluding carboxylic acids is 1. The number of nitrogens with one attached hydrogen (secondary N) is 1. The lowest BCUT2D eigenvalue weighted by molar-refractivity contribution is -0.142. The number of alkyl halides is 3. The van der Waals surface area contributed by atoms with Gasteiger partial charge in [-0.25, -0.2) is 9.50 Å². The van der Waals surface area contributed by atoms with Crippen molar-refractivity contribution in [1.29, 1.82) is 5.26 Å². The van der Waals surface area contributed by atoms with Crippen molar-refractivity contribution >= 4 is 39.5 Å². The summed E-state index contributed by atoms with van der Waals surface area (Å²) in [6.07, 6.45) is -1.24. The predicted octanol–water partition coefficient (Wildman–Crippen LogP) is 6.13. The number of halogens is 4. The van der Waals surface area contributed by atoms with Crippen LogP contribution in [0.5, 0.6) is 0 Å². The topological polar surface area (TPSA) is 83.1 Å². The fourth-order valence-electron chi connectivity index (χ4n) is 4.03. The molecule has 5 rings (SSSR count). The van der Waals surface area contributed by atoms with Gasteiger partial charge in [0.1, 0.15) is 16.1 Å². The summed E-state index contributed by atoms with van der Waals surface area (Å²) in [6, 6.07) is 11.3. The highest BCUT2D eigenvalue weighted by molar-refractivity contribution is 7.16. The summed E-state index contributed by atoms with van der Waals surface area (Å²) in [5.41, 5.74) is 0.0128. The molecule has 1 aliphatic carbocycles. The molecule has 3 aromatic heterocycles. The monoisotopic (exact) mass is 501 g/mol. The number of fused-ring (bicyclic) bond motifs is 2. The minimum Gasteiger partial charge on any atom is -0.311 e. The lowest BCUT2D eigenvalue weighted by Crippen LogP contribution is -2.16. The van der Waals surface area contributed by atoms with Gasteiger partial charge in [-0.2, -0.15) is 23.5 Å². The maximum atomic E-state index is 13.9. The van der Waals surface area contributed by atoms with Crippen LogP contribution >= 0.6 is 22.9 Å². The van der Waals surface area contributed by atoms with E-state index in [0.717, 1.165) is 42.2 Å². The third kappa shape index (κ3) is 3.81. The Morgan fingerprint density at radius 3 is 2.65 bits per heavy atom. The zero-order chi connectivity index (χ0) is 24.0. The summed E-state index contributed by atoms with van der Waals surface area (Å²) in [5.74, 6) is -0.806. The minimum atomic E-state index is -4.77. The molecule has 0 radical (unpaired) electrons. The van der Waals surface area contributed by atoms with Gasteiger partial charge in [0.2, 0.25) is 0 Å². The number of nitriles is 1. The standard InChI is InChI=1S/C23H15ClF3N5OS/c24-18-19(21(33)30-22-14(11-28)13-8-4-5-9-16(13)34-22)31-32-17(23(25,26)27)10-15(29-20(18)32)12-6-2-1-3-7-12/h1-3,6-7,10H,4-5,8-9H2,(H,30,33). The molecular weight excluding hydrogens is 487 g/mol. The number of thiophene rings is 1. The van der Waals surface area contributed by atoms with E-state index >= 15 is 0 Å². The number of hydrogen-bond acceptors (Lipinski definition) is 5. The second-order valence-corrected chi connectivity index (χ2v) is 9.25. The zero-order valence-electron chi connectivity index (χ0n) is 17.4. The third-order valence-electron chi connectivity index (χ3n) is 5.62. The van der Waals surface area contributed by atoms with Gasteiger partial charge in [-0.3, -0.25) is 4.79 Å². The molecule has 1 aromatic carbocycles. The Kier molecular flexibility index (Phi) is 5.54. The number of aryl methyl sites for hydroxylation is 1. The van der Waals surface area contributed by atoms with Crippen molar-refractivity contribution in [3.05, 3.63) is 68.8 Å². The minimum absolute atomic E-state index is 0.0480. The van der Waals surface area contributed by atoms with Gasteiger partial charge in [-0.1, -0.05) is 41.9 Å². The molecule has 0 saturated heterocycles. The van der Waals surface area contributed by atoms with Crippen molar-refractivity contribution in [3.8, 4) is 17.3 Å². The number of nitrogens with zero attached hydrogens (tertiary/aromatic N) is 4. The van der Waals surface area contributed by atoms with Crippen molar-refractivity contribution in [1.82, 2.24) is 14.6 Å². The summed E-state index contributed by atoms with van der Waals surface area (Å²) in [7, 11) is 0. The number of rotatable bonds is 3. The molecule has 172 valence electrons. The molecule has 0 spiro atoms. The highest BCUT2D eigenvalue weighted by Crippen LogP contribution is 2.39. The molecule has 0 unspecified atom stereocenters. The van der Waals surface area contributed by atoms with Crippen LogP contribution in [0, 0.1) is 11.3 Å². The van der Waals surface area contributed by atoms with Gasteiger partial charge >= 0.3 is 6.18 Å². The number of hydrogen-bond donors (Lipinski definition) is 1. The quantitative estimate of drug-likeness (QED) is 0.366. The lowest BCUT2D eigenvalue weighted by atomic mass is 9.96. The van der Waals surface area contributed by atoms with Gasteiger partial charge in [0.05, 0.1) is 11.3 Å². The zero-order valence-corrected chi connectivity index (χ0v) is 19.0. The van der Waals surface area contributed by atoms with Crippen LogP contribution in [-0.4, -0.2) is 20.5 Å². The normalized spacial score (nSPS) is 13.5.